The van der Waals surface area contributed by atoms with Crippen molar-refractivity contribution in [1.82, 2.24) is 0 Å². The molecule has 2 aliphatic rings. The number of fused-ring (bicyclic) bond motifs is 1. The third kappa shape index (κ3) is 3.16. The molecule has 0 amide bonds. The van der Waals surface area contributed by atoms with Crippen LogP contribution in [0.5, 0.6) is 5.75 Å². The number of ether oxygens (including phenoxy) is 1. The first-order valence-corrected chi connectivity index (χ1v) is 9.19. The summed E-state index contributed by atoms with van der Waals surface area (Å²) in [6.07, 6.45) is 3.12. The first kappa shape index (κ1) is 17.0. The van der Waals surface area contributed by atoms with Gasteiger partial charge >= 0.3 is 0 Å². The van der Waals surface area contributed by atoms with Crippen LogP contribution >= 0.6 is 0 Å². The van der Waals surface area contributed by atoms with E-state index in [0.717, 1.165) is 24.0 Å². The van der Waals surface area contributed by atoms with Crippen LogP contribution in [-0.4, -0.2) is 18.2 Å². The van der Waals surface area contributed by atoms with Gasteiger partial charge in [-0.05, 0) is 48.6 Å². The quantitative estimate of drug-likeness (QED) is 0.693. The summed E-state index contributed by atoms with van der Waals surface area (Å²) in [5, 5.41) is 0. The number of ketones is 2. The Bertz CT molecular complexity index is 866. The van der Waals surface area contributed by atoms with Gasteiger partial charge in [0.2, 0.25) is 0 Å². The number of Topliss-reactive ketones (excluding diaryl/α,β-unsaturated/α-hetero) is 2. The van der Waals surface area contributed by atoms with Crippen molar-refractivity contribution < 1.29 is 18.7 Å². The highest BCUT2D eigenvalue weighted by atomic mass is 19.1. The first-order chi connectivity index (χ1) is 12.6. The topological polar surface area (TPSA) is 43.4 Å². The van der Waals surface area contributed by atoms with E-state index in [1.807, 2.05) is 6.07 Å². The van der Waals surface area contributed by atoms with Crippen molar-refractivity contribution in [2.75, 3.05) is 6.61 Å². The highest BCUT2D eigenvalue weighted by molar-refractivity contribution is 6.04. The Hall–Kier alpha value is -2.49. The predicted molar refractivity (Wildman–Crippen MR) is 96.5 cm³/mol. The third-order valence-corrected chi connectivity index (χ3v) is 5.27. The van der Waals surface area contributed by atoms with E-state index in [4.69, 9.17) is 4.74 Å². The number of carbonyl (C=O) groups excluding carboxylic acids is 2. The van der Waals surface area contributed by atoms with Gasteiger partial charge in [0.1, 0.15) is 11.6 Å². The second-order valence-corrected chi connectivity index (χ2v) is 7.20. The van der Waals surface area contributed by atoms with Crippen molar-refractivity contribution >= 4 is 11.6 Å². The number of rotatable bonds is 6. The number of carbonyl (C=O) groups is 2. The van der Waals surface area contributed by atoms with E-state index in [-0.39, 0.29) is 23.3 Å². The van der Waals surface area contributed by atoms with Gasteiger partial charge in [-0.2, -0.15) is 0 Å². The smallest absolute Gasteiger partial charge is 0.166 e. The molecular formula is C22H21FO3. The van der Waals surface area contributed by atoms with E-state index in [1.165, 1.54) is 12.1 Å². The van der Waals surface area contributed by atoms with Gasteiger partial charge in [-0.15, -0.1) is 0 Å². The summed E-state index contributed by atoms with van der Waals surface area (Å²) in [7, 11) is 0. The number of benzene rings is 2. The fourth-order valence-electron chi connectivity index (χ4n) is 3.56. The number of halogens is 1. The minimum absolute atomic E-state index is 0.0259. The molecule has 0 saturated heterocycles. The molecule has 1 saturated carbocycles. The maximum absolute atomic E-state index is 13.3. The molecule has 1 atom stereocenters. The van der Waals surface area contributed by atoms with Crippen molar-refractivity contribution in [3.63, 3.8) is 0 Å². The second-order valence-electron chi connectivity index (χ2n) is 7.20. The molecule has 1 aliphatic heterocycles. The number of hydrogen-bond acceptors (Lipinski definition) is 3. The molecule has 0 N–H and O–H groups in total. The highest BCUT2D eigenvalue weighted by Crippen LogP contribution is 2.42. The predicted octanol–water partition coefficient (Wildman–Crippen LogP) is 4.93. The molecule has 0 radical (unpaired) electrons. The van der Waals surface area contributed by atoms with Crippen LogP contribution in [0.4, 0.5) is 4.39 Å². The number of hydrogen-bond donors (Lipinski definition) is 0. The summed E-state index contributed by atoms with van der Waals surface area (Å²) in [4.78, 5) is 25.1. The van der Waals surface area contributed by atoms with E-state index in [2.05, 4.69) is 0 Å². The Labute approximate surface area is 152 Å². The average molecular weight is 352 g/mol. The van der Waals surface area contributed by atoms with Crippen LogP contribution in [-0.2, 0) is 0 Å². The fraction of sp³-hybridized carbons (Fsp3) is 0.364. The molecule has 2 aromatic rings. The van der Waals surface area contributed by atoms with Crippen molar-refractivity contribution in [1.29, 1.82) is 0 Å². The van der Waals surface area contributed by atoms with Gasteiger partial charge in [-0.3, -0.25) is 9.59 Å². The molecule has 0 bridgehead atoms. The van der Waals surface area contributed by atoms with Crippen molar-refractivity contribution in [3.05, 3.63) is 64.5 Å². The van der Waals surface area contributed by atoms with E-state index in [0.29, 0.717) is 42.2 Å². The lowest BCUT2D eigenvalue weighted by atomic mass is 9.88. The minimum atomic E-state index is -0.289. The van der Waals surface area contributed by atoms with Crippen LogP contribution in [0.3, 0.4) is 0 Å². The molecule has 3 nitrogen and oxygen atoms in total. The first-order valence-electron chi connectivity index (χ1n) is 9.19. The molecular weight excluding hydrogens is 331 g/mol. The maximum atomic E-state index is 13.3. The van der Waals surface area contributed by atoms with E-state index >= 15 is 0 Å². The molecule has 4 heteroatoms. The van der Waals surface area contributed by atoms with Crippen molar-refractivity contribution in [2.24, 2.45) is 5.92 Å². The second kappa shape index (κ2) is 6.67. The molecule has 0 aromatic heterocycles. The van der Waals surface area contributed by atoms with Crippen LogP contribution in [0.15, 0.2) is 36.4 Å². The normalized spacial score (nSPS) is 18.3. The van der Waals surface area contributed by atoms with Gasteiger partial charge in [0.05, 0.1) is 12.2 Å². The molecule has 26 heavy (non-hydrogen) atoms. The Balaban J connectivity index is 1.77. The van der Waals surface area contributed by atoms with Crippen LogP contribution in [0.25, 0.3) is 0 Å². The minimum Gasteiger partial charge on any atom is -0.492 e. The third-order valence-electron chi connectivity index (χ3n) is 5.27. The summed E-state index contributed by atoms with van der Waals surface area (Å²) < 4.78 is 19.1. The van der Waals surface area contributed by atoms with Gasteiger partial charge in [-0.1, -0.05) is 19.1 Å². The summed E-state index contributed by atoms with van der Waals surface area (Å²) >= 11 is 0. The largest absolute Gasteiger partial charge is 0.492 e. The standard InChI is InChI=1S/C22H21FO3/c1-2-20(24)18-11-15(21(25)9-13-3-4-13)10-17-19(12-26-22(17)18)14-5-7-16(23)8-6-14/h5-8,10-11,13,19H,2-4,9,12H2,1H3. The van der Waals surface area contributed by atoms with Crippen molar-refractivity contribution in [3.8, 4) is 5.75 Å². The molecule has 4 rings (SSSR count). The molecule has 0 spiro atoms. The lowest BCUT2D eigenvalue weighted by Crippen LogP contribution is -2.07. The van der Waals surface area contributed by atoms with E-state index in [9.17, 15) is 14.0 Å². The highest BCUT2D eigenvalue weighted by Gasteiger charge is 2.32. The van der Waals surface area contributed by atoms with Crippen molar-refractivity contribution in [2.45, 2.75) is 38.5 Å². The van der Waals surface area contributed by atoms with Crippen LogP contribution in [0.1, 0.15) is 70.4 Å². The SMILES string of the molecule is CCC(=O)c1cc(C(=O)CC2CC2)cc2c1OCC2c1ccc(F)cc1. The lowest BCUT2D eigenvalue weighted by molar-refractivity contribution is 0.0976. The Morgan fingerprint density at radius 2 is 1.85 bits per heavy atom. The molecule has 134 valence electrons. The van der Waals surface area contributed by atoms with Crippen LogP contribution in [0.2, 0.25) is 0 Å². The summed E-state index contributed by atoms with van der Waals surface area (Å²) in [6.45, 7) is 2.20. The van der Waals surface area contributed by atoms with Gasteiger partial charge in [0.15, 0.2) is 11.6 Å². The summed E-state index contributed by atoms with van der Waals surface area (Å²) in [5.41, 5.74) is 2.86. The maximum Gasteiger partial charge on any atom is 0.166 e. The van der Waals surface area contributed by atoms with E-state index < -0.39 is 0 Å². The Morgan fingerprint density at radius 3 is 2.50 bits per heavy atom. The van der Waals surface area contributed by atoms with Crippen LogP contribution in [0, 0.1) is 11.7 Å². The zero-order chi connectivity index (χ0) is 18.3. The van der Waals surface area contributed by atoms with Gasteiger partial charge in [0.25, 0.3) is 0 Å². The van der Waals surface area contributed by atoms with Gasteiger partial charge in [0, 0.05) is 29.9 Å². The molecule has 2 aromatic carbocycles. The molecule has 1 aliphatic carbocycles. The molecule has 1 unspecified atom stereocenters. The van der Waals surface area contributed by atoms with Gasteiger partial charge < -0.3 is 4.74 Å². The zero-order valence-corrected chi connectivity index (χ0v) is 14.8. The average Bonchev–Trinajstić information content (AvgIpc) is 3.36. The summed E-state index contributed by atoms with van der Waals surface area (Å²) in [6, 6.07) is 9.88. The zero-order valence-electron chi connectivity index (χ0n) is 14.8. The van der Waals surface area contributed by atoms with E-state index in [1.54, 1.807) is 25.1 Å². The van der Waals surface area contributed by atoms with Gasteiger partial charge in [-0.25, -0.2) is 4.39 Å². The molecule has 1 heterocycles. The summed E-state index contributed by atoms with van der Waals surface area (Å²) in [5.74, 6) is 0.748. The Kier molecular flexibility index (Phi) is 4.35. The molecule has 1 fully saturated rings. The Morgan fingerprint density at radius 1 is 1.12 bits per heavy atom. The monoisotopic (exact) mass is 352 g/mol. The fourth-order valence-corrected chi connectivity index (χ4v) is 3.56. The lowest BCUT2D eigenvalue weighted by Gasteiger charge is -2.12. The van der Waals surface area contributed by atoms with Crippen LogP contribution < -0.4 is 4.74 Å².